The average Bonchev–Trinajstić information content (AvgIpc) is 3.24. The topological polar surface area (TPSA) is 93.9 Å². The Morgan fingerprint density at radius 2 is 1.84 bits per heavy atom. The number of hydrogen-bond acceptors (Lipinski definition) is 6. The van der Waals surface area contributed by atoms with E-state index in [1.807, 2.05) is 36.6 Å². The lowest BCUT2D eigenvalue weighted by Gasteiger charge is -2.13. The Hall–Kier alpha value is -3.11. The number of hydrogen-bond donors (Lipinski definition) is 0. The van der Waals surface area contributed by atoms with Crippen molar-refractivity contribution in [1.82, 2.24) is 14.5 Å². The number of carbonyl (C=O) groups excluding carboxylic acids is 1. The zero-order chi connectivity index (χ0) is 27.0. The van der Waals surface area contributed by atoms with Crippen LogP contribution in [0.5, 0.6) is 0 Å². The standard InChI is InChI=1S/C27H34N4O4S2/c1-6-8-13-24-29-25(27(32)35-7-2)26(36-5)31(24)18-20-14-16-21(17-15-20)22-11-9-10-12-23(22)37(33,34)28-19-30(3)4/h9-12,14-17,19H,6-8,13,18H2,1-5H3/b28-19+. The van der Waals surface area contributed by atoms with Gasteiger partial charge in [0.05, 0.1) is 11.5 Å². The molecule has 3 rings (SSSR count). The molecule has 0 aliphatic carbocycles. The highest BCUT2D eigenvalue weighted by molar-refractivity contribution is 7.98. The molecule has 1 heterocycles. The van der Waals surface area contributed by atoms with E-state index in [2.05, 4.69) is 20.9 Å². The van der Waals surface area contributed by atoms with Gasteiger partial charge in [-0.25, -0.2) is 9.78 Å². The maximum Gasteiger partial charge on any atom is 0.359 e. The Kier molecular flexibility index (Phi) is 9.93. The van der Waals surface area contributed by atoms with Crippen molar-refractivity contribution in [1.29, 1.82) is 0 Å². The predicted octanol–water partition coefficient (Wildman–Crippen LogP) is 5.12. The molecule has 0 N–H and O–H groups in total. The van der Waals surface area contributed by atoms with Gasteiger partial charge in [0.25, 0.3) is 10.0 Å². The summed E-state index contributed by atoms with van der Waals surface area (Å²) in [6.45, 7) is 4.74. The van der Waals surface area contributed by atoms with Gasteiger partial charge in [-0.05, 0) is 36.8 Å². The van der Waals surface area contributed by atoms with Crippen molar-refractivity contribution in [3.05, 3.63) is 65.6 Å². The molecule has 1 aromatic heterocycles. The molecular formula is C27H34N4O4S2. The van der Waals surface area contributed by atoms with E-state index >= 15 is 0 Å². The molecule has 0 saturated carbocycles. The lowest BCUT2D eigenvalue weighted by molar-refractivity contribution is 0.0515. The summed E-state index contributed by atoms with van der Waals surface area (Å²) < 4.78 is 36.8. The minimum atomic E-state index is -3.86. The maximum atomic E-state index is 12.9. The zero-order valence-corrected chi connectivity index (χ0v) is 23.6. The number of esters is 1. The molecule has 0 saturated heterocycles. The second-order valence-corrected chi connectivity index (χ2v) is 11.0. The van der Waals surface area contributed by atoms with Crippen molar-refractivity contribution in [2.75, 3.05) is 27.0 Å². The van der Waals surface area contributed by atoms with Crippen LogP contribution in [0.2, 0.25) is 0 Å². The summed E-state index contributed by atoms with van der Waals surface area (Å²) in [7, 11) is -0.422. The third-order valence-corrected chi connectivity index (χ3v) is 7.69. The summed E-state index contributed by atoms with van der Waals surface area (Å²) in [5.74, 6) is 0.446. The van der Waals surface area contributed by atoms with Gasteiger partial charge in [0.15, 0.2) is 5.69 Å². The number of unbranched alkanes of at least 4 members (excludes halogenated alkanes) is 1. The van der Waals surface area contributed by atoms with E-state index in [9.17, 15) is 13.2 Å². The number of aromatic nitrogens is 2. The molecule has 10 heteroatoms. The quantitative estimate of drug-likeness (QED) is 0.136. The molecular weight excluding hydrogens is 508 g/mol. The van der Waals surface area contributed by atoms with Crippen molar-refractivity contribution < 1.29 is 17.9 Å². The molecule has 0 fully saturated rings. The number of nitrogens with zero attached hydrogens (tertiary/aromatic N) is 4. The fraction of sp³-hybridized carbons (Fsp3) is 0.370. The fourth-order valence-corrected chi connectivity index (χ4v) is 5.68. The van der Waals surface area contributed by atoms with Gasteiger partial charge in [0.2, 0.25) is 0 Å². The summed E-state index contributed by atoms with van der Waals surface area (Å²) in [5, 5.41) is 0.781. The smallest absolute Gasteiger partial charge is 0.359 e. The number of rotatable bonds is 12. The van der Waals surface area contributed by atoms with Crippen molar-refractivity contribution in [2.45, 2.75) is 49.6 Å². The molecule has 2 aromatic carbocycles. The molecule has 0 unspecified atom stereocenters. The number of sulfonamides is 1. The van der Waals surface area contributed by atoms with Gasteiger partial charge >= 0.3 is 5.97 Å². The Labute approximate surface area is 223 Å². The van der Waals surface area contributed by atoms with Crippen molar-refractivity contribution in [3.8, 4) is 11.1 Å². The minimum absolute atomic E-state index is 0.154. The Bertz CT molecular complexity index is 1350. The Morgan fingerprint density at radius 3 is 2.46 bits per heavy atom. The molecule has 0 aliphatic rings. The first kappa shape index (κ1) is 28.5. The van der Waals surface area contributed by atoms with Crippen LogP contribution in [-0.2, 0) is 27.7 Å². The summed E-state index contributed by atoms with van der Waals surface area (Å²) in [4.78, 5) is 18.9. The third-order valence-electron chi connectivity index (χ3n) is 5.60. The van der Waals surface area contributed by atoms with Gasteiger partial charge < -0.3 is 14.2 Å². The summed E-state index contributed by atoms with van der Waals surface area (Å²) >= 11 is 1.48. The maximum absolute atomic E-state index is 12.9. The van der Waals surface area contributed by atoms with Crippen LogP contribution in [-0.4, -0.2) is 62.1 Å². The zero-order valence-electron chi connectivity index (χ0n) is 22.0. The van der Waals surface area contributed by atoms with E-state index in [1.54, 1.807) is 44.1 Å². The summed E-state index contributed by atoms with van der Waals surface area (Å²) in [5.41, 5.74) is 2.73. The van der Waals surface area contributed by atoms with Crippen LogP contribution in [0.3, 0.4) is 0 Å². The highest BCUT2D eigenvalue weighted by Gasteiger charge is 2.23. The SMILES string of the molecule is CCCCc1nc(C(=O)OCC)c(SC)n1Cc1ccc(-c2ccccc2S(=O)(=O)/N=C/N(C)C)cc1. The molecule has 0 radical (unpaired) electrons. The normalized spacial score (nSPS) is 11.7. The number of benzene rings is 2. The van der Waals surface area contributed by atoms with E-state index in [0.29, 0.717) is 24.4 Å². The van der Waals surface area contributed by atoms with Crippen LogP contribution in [0, 0.1) is 0 Å². The number of imidazole rings is 1. The number of aryl methyl sites for hydroxylation is 1. The molecule has 3 aromatic rings. The monoisotopic (exact) mass is 542 g/mol. The molecule has 0 bridgehead atoms. The number of carbonyl (C=O) groups is 1. The average molecular weight is 543 g/mol. The van der Waals surface area contributed by atoms with Crippen LogP contribution in [0.1, 0.15) is 48.6 Å². The summed E-state index contributed by atoms with van der Waals surface area (Å²) in [6.07, 6.45) is 5.96. The lowest BCUT2D eigenvalue weighted by Crippen LogP contribution is -2.10. The van der Waals surface area contributed by atoms with Gasteiger partial charge in [-0.2, -0.15) is 8.42 Å². The van der Waals surface area contributed by atoms with Crippen LogP contribution in [0.25, 0.3) is 11.1 Å². The first-order chi connectivity index (χ1) is 17.7. The molecule has 0 amide bonds. The van der Waals surface area contributed by atoms with Crippen molar-refractivity contribution >= 4 is 34.1 Å². The Morgan fingerprint density at radius 1 is 1.14 bits per heavy atom. The van der Waals surface area contributed by atoms with Gasteiger partial charge in [0.1, 0.15) is 17.2 Å². The molecule has 0 spiro atoms. The van der Waals surface area contributed by atoms with E-state index in [4.69, 9.17) is 4.74 Å². The van der Waals surface area contributed by atoms with E-state index in [0.717, 1.165) is 41.2 Å². The van der Waals surface area contributed by atoms with Gasteiger partial charge in [0, 0.05) is 32.6 Å². The number of ether oxygens (including phenoxy) is 1. The van der Waals surface area contributed by atoms with E-state index in [1.165, 1.54) is 18.1 Å². The molecule has 37 heavy (non-hydrogen) atoms. The van der Waals surface area contributed by atoms with Crippen LogP contribution < -0.4 is 0 Å². The summed E-state index contributed by atoms with van der Waals surface area (Å²) in [6, 6.07) is 14.6. The molecule has 198 valence electrons. The van der Waals surface area contributed by atoms with Crippen LogP contribution in [0.4, 0.5) is 0 Å². The van der Waals surface area contributed by atoms with Gasteiger partial charge in [-0.1, -0.05) is 55.8 Å². The van der Waals surface area contributed by atoms with Crippen molar-refractivity contribution in [2.24, 2.45) is 4.40 Å². The minimum Gasteiger partial charge on any atom is -0.461 e. The van der Waals surface area contributed by atoms with E-state index in [-0.39, 0.29) is 4.90 Å². The molecule has 8 nitrogen and oxygen atoms in total. The first-order valence-electron chi connectivity index (χ1n) is 12.2. The highest BCUT2D eigenvalue weighted by Crippen LogP contribution is 2.30. The Balaban J connectivity index is 1.96. The van der Waals surface area contributed by atoms with Gasteiger partial charge in [-0.15, -0.1) is 16.2 Å². The van der Waals surface area contributed by atoms with Crippen LogP contribution in [0.15, 0.2) is 62.9 Å². The van der Waals surface area contributed by atoms with Crippen LogP contribution >= 0.6 is 11.8 Å². The second kappa shape index (κ2) is 12.9. The number of thioether (sulfide) groups is 1. The largest absolute Gasteiger partial charge is 0.461 e. The fourth-order valence-electron chi connectivity index (χ4n) is 3.83. The lowest BCUT2D eigenvalue weighted by atomic mass is 10.0. The van der Waals surface area contributed by atoms with E-state index < -0.39 is 16.0 Å². The predicted molar refractivity (Wildman–Crippen MR) is 149 cm³/mol. The highest BCUT2D eigenvalue weighted by atomic mass is 32.2. The third kappa shape index (κ3) is 7.01. The second-order valence-electron chi connectivity index (χ2n) is 8.65. The van der Waals surface area contributed by atoms with Crippen molar-refractivity contribution in [3.63, 3.8) is 0 Å². The van der Waals surface area contributed by atoms with Gasteiger partial charge in [-0.3, -0.25) is 0 Å². The molecule has 0 aliphatic heterocycles. The first-order valence-corrected chi connectivity index (χ1v) is 14.8. The molecule has 0 atom stereocenters.